The Hall–Kier alpha value is -4.71. The van der Waals surface area contributed by atoms with E-state index in [1.807, 2.05) is 20.8 Å². The van der Waals surface area contributed by atoms with Crippen LogP contribution in [0, 0.1) is 17.7 Å². The van der Waals surface area contributed by atoms with Crippen LogP contribution in [-0.4, -0.2) is 55.2 Å². The molecule has 0 saturated heterocycles. The summed E-state index contributed by atoms with van der Waals surface area (Å²) in [4.78, 5) is 57.2. The number of aliphatic hydroxyl groups is 1. The van der Waals surface area contributed by atoms with Gasteiger partial charge in [0.15, 0.2) is 5.82 Å². The number of carbonyl (C=O) groups is 2. The zero-order chi connectivity index (χ0) is 31.4. The van der Waals surface area contributed by atoms with E-state index in [1.54, 1.807) is 26.2 Å². The van der Waals surface area contributed by atoms with Gasteiger partial charge in [0.1, 0.15) is 11.5 Å². The molecule has 1 saturated carbocycles. The number of aryl methyl sites for hydroxylation is 1. The van der Waals surface area contributed by atoms with E-state index in [2.05, 4.69) is 15.4 Å². The van der Waals surface area contributed by atoms with E-state index < -0.39 is 41.3 Å². The lowest BCUT2D eigenvalue weighted by atomic mass is 9.86. The standard InChI is InChI=1S/C31H33FN6O5/c1-31(2,3)18-9-16-13-34-38(30(43)25(16)23(32)11-18)26-22(15-39)19(7-8-33-26)17-10-24(29(42)37(6)14-17)35-27(40)20-12-21(20)28(41)36(4)5/h7-11,13-14,20-21,39H,12,15H2,1-6H3,(H,35,40)/t20-,21?/m0/s1. The van der Waals surface area contributed by atoms with Crippen LogP contribution in [-0.2, 0) is 28.7 Å². The topological polar surface area (TPSA) is 139 Å². The lowest BCUT2D eigenvalue weighted by Crippen LogP contribution is -2.28. The molecule has 4 aromatic rings. The summed E-state index contributed by atoms with van der Waals surface area (Å²) in [7, 11) is 4.76. The van der Waals surface area contributed by atoms with E-state index >= 15 is 4.39 Å². The maximum absolute atomic E-state index is 15.3. The maximum Gasteiger partial charge on any atom is 0.283 e. The van der Waals surface area contributed by atoms with E-state index in [0.717, 1.165) is 4.68 Å². The molecule has 1 aliphatic rings. The first kappa shape index (κ1) is 29.8. The average Bonchev–Trinajstić information content (AvgIpc) is 3.75. The highest BCUT2D eigenvalue weighted by Crippen LogP contribution is 2.40. The van der Waals surface area contributed by atoms with Gasteiger partial charge < -0.3 is 19.9 Å². The number of carbonyl (C=O) groups excluding carboxylic acids is 2. The summed E-state index contributed by atoms with van der Waals surface area (Å²) in [5, 5.41) is 17.5. The van der Waals surface area contributed by atoms with E-state index in [1.165, 1.54) is 47.2 Å². The smallest absolute Gasteiger partial charge is 0.283 e. The fourth-order valence-electron chi connectivity index (χ4n) is 5.17. The van der Waals surface area contributed by atoms with Gasteiger partial charge in [-0.25, -0.2) is 9.37 Å². The maximum atomic E-state index is 15.3. The highest BCUT2D eigenvalue weighted by atomic mass is 19.1. The molecule has 1 aliphatic carbocycles. The highest BCUT2D eigenvalue weighted by Gasteiger charge is 2.48. The minimum atomic E-state index is -0.741. The largest absolute Gasteiger partial charge is 0.392 e. The summed E-state index contributed by atoms with van der Waals surface area (Å²) in [6, 6.07) is 6.13. The van der Waals surface area contributed by atoms with Gasteiger partial charge in [0.05, 0.1) is 30.0 Å². The van der Waals surface area contributed by atoms with Crippen LogP contribution in [0.1, 0.15) is 38.3 Å². The number of fused-ring (bicyclic) bond motifs is 1. The summed E-state index contributed by atoms with van der Waals surface area (Å²) >= 11 is 0. The van der Waals surface area contributed by atoms with Crippen molar-refractivity contribution in [1.29, 1.82) is 0 Å². The van der Waals surface area contributed by atoms with Gasteiger partial charge in [0.2, 0.25) is 11.8 Å². The van der Waals surface area contributed by atoms with Gasteiger partial charge in [-0.15, -0.1) is 0 Å². The minimum Gasteiger partial charge on any atom is -0.392 e. The van der Waals surface area contributed by atoms with Crippen LogP contribution in [0.3, 0.4) is 0 Å². The lowest BCUT2D eigenvalue weighted by Gasteiger charge is -2.20. The third kappa shape index (κ3) is 5.45. The molecule has 3 heterocycles. The highest BCUT2D eigenvalue weighted by molar-refractivity contribution is 5.99. The van der Waals surface area contributed by atoms with Crippen LogP contribution >= 0.6 is 0 Å². The van der Waals surface area contributed by atoms with Gasteiger partial charge in [-0.3, -0.25) is 19.2 Å². The van der Waals surface area contributed by atoms with Crippen molar-refractivity contribution in [3.05, 3.63) is 80.5 Å². The first-order valence-corrected chi connectivity index (χ1v) is 13.8. The van der Waals surface area contributed by atoms with Crippen molar-refractivity contribution < 1.29 is 19.1 Å². The monoisotopic (exact) mass is 588 g/mol. The van der Waals surface area contributed by atoms with Crippen LogP contribution in [0.4, 0.5) is 10.1 Å². The van der Waals surface area contributed by atoms with E-state index in [0.29, 0.717) is 28.5 Å². The number of aliphatic hydroxyl groups excluding tert-OH is 1. The number of nitrogens with zero attached hydrogens (tertiary/aromatic N) is 5. The number of halogens is 1. The zero-order valence-corrected chi connectivity index (χ0v) is 24.8. The predicted octanol–water partition coefficient (Wildman–Crippen LogP) is 2.74. The molecule has 0 aliphatic heterocycles. The second-order valence-corrected chi connectivity index (χ2v) is 12.1. The Morgan fingerprint density at radius 2 is 1.86 bits per heavy atom. The van der Waals surface area contributed by atoms with Crippen LogP contribution < -0.4 is 16.4 Å². The molecule has 1 aromatic carbocycles. The average molecular weight is 589 g/mol. The Morgan fingerprint density at radius 1 is 1.14 bits per heavy atom. The first-order chi connectivity index (χ1) is 20.2. The lowest BCUT2D eigenvalue weighted by molar-refractivity contribution is -0.131. The van der Waals surface area contributed by atoms with E-state index in [-0.39, 0.29) is 33.8 Å². The van der Waals surface area contributed by atoms with E-state index in [9.17, 15) is 24.3 Å². The quantitative estimate of drug-likeness (QED) is 0.353. The van der Waals surface area contributed by atoms with Crippen molar-refractivity contribution in [2.24, 2.45) is 18.9 Å². The first-order valence-electron chi connectivity index (χ1n) is 13.8. The predicted molar refractivity (Wildman–Crippen MR) is 159 cm³/mol. The van der Waals surface area contributed by atoms with Crippen LogP contribution in [0.15, 0.2) is 52.4 Å². The van der Waals surface area contributed by atoms with Crippen molar-refractivity contribution in [3.8, 4) is 16.9 Å². The Labute approximate surface area is 246 Å². The number of nitrogens with one attached hydrogen (secondary N) is 1. The van der Waals surface area contributed by atoms with Crippen LogP contribution in [0.5, 0.6) is 0 Å². The number of rotatable bonds is 6. The number of hydrogen-bond donors (Lipinski definition) is 2. The van der Waals surface area contributed by atoms with Gasteiger partial charge >= 0.3 is 0 Å². The molecule has 1 fully saturated rings. The number of aromatic nitrogens is 4. The number of benzene rings is 1. The molecule has 3 aromatic heterocycles. The molecule has 5 rings (SSSR count). The van der Waals surface area contributed by atoms with Crippen LogP contribution in [0.2, 0.25) is 0 Å². The van der Waals surface area contributed by atoms with Crippen molar-refractivity contribution in [1.82, 2.24) is 24.2 Å². The third-order valence-electron chi connectivity index (χ3n) is 7.73. The van der Waals surface area contributed by atoms with Crippen molar-refractivity contribution in [2.45, 2.75) is 39.2 Å². The molecule has 12 heteroatoms. The zero-order valence-electron chi connectivity index (χ0n) is 24.8. The van der Waals surface area contributed by atoms with Crippen molar-refractivity contribution in [3.63, 3.8) is 0 Å². The summed E-state index contributed by atoms with van der Waals surface area (Å²) in [5.74, 6) is -2.23. The molecule has 2 N–H and O–H groups in total. The summed E-state index contributed by atoms with van der Waals surface area (Å²) in [6.07, 6.45) is 4.72. The second-order valence-electron chi connectivity index (χ2n) is 12.1. The molecule has 1 unspecified atom stereocenters. The Kier molecular flexibility index (Phi) is 7.51. The number of hydrogen-bond acceptors (Lipinski definition) is 7. The molecule has 0 radical (unpaired) electrons. The van der Waals surface area contributed by atoms with Gasteiger partial charge in [-0.2, -0.15) is 9.78 Å². The summed E-state index contributed by atoms with van der Waals surface area (Å²) < 4.78 is 17.5. The Balaban J connectivity index is 1.56. The van der Waals surface area contributed by atoms with Gasteiger partial charge in [-0.05, 0) is 47.2 Å². The molecule has 43 heavy (non-hydrogen) atoms. The Bertz CT molecular complexity index is 1910. The SMILES string of the molecule is CN(C)C(=O)C1C[C@@H]1C(=O)Nc1cc(-c2ccnc(-n3ncc4cc(C(C)(C)C)cc(F)c4c3=O)c2CO)cn(C)c1=O. The number of anilines is 1. The minimum absolute atomic E-state index is 0.00587. The summed E-state index contributed by atoms with van der Waals surface area (Å²) in [6.45, 7) is 5.26. The molecule has 2 atom stereocenters. The van der Waals surface area contributed by atoms with E-state index in [4.69, 9.17) is 0 Å². The normalized spacial score (nSPS) is 16.3. The molecule has 0 spiro atoms. The molecule has 0 bridgehead atoms. The van der Waals surface area contributed by atoms with Crippen LogP contribution in [0.25, 0.3) is 27.7 Å². The fraction of sp³-hybridized carbons (Fsp3) is 0.355. The second kappa shape index (κ2) is 10.8. The number of amides is 2. The molecular weight excluding hydrogens is 555 g/mol. The van der Waals surface area contributed by atoms with Gasteiger partial charge in [0.25, 0.3) is 11.1 Å². The molecule has 2 amide bonds. The third-order valence-corrected chi connectivity index (χ3v) is 7.73. The molecule has 11 nitrogen and oxygen atoms in total. The molecular formula is C31H33FN6O5. The van der Waals surface area contributed by atoms with Gasteiger partial charge in [-0.1, -0.05) is 20.8 Å². The Morgan fingerprint density at radius 3 is 2.51 bits per heavy atom. The van der Waals surface area contributed by atoms with Gasteiger partial charge in [0, 0.05) is 50.0 Å². The summed E-state index contributed by atoms with van der Waals surface area (Å²) in [5.41, 5.74) is 0.222. The molecule has 224 valence electrons. The number of pyridine rings is 2. The fourth-order valence-corrected chi connectivity index (χ4v) is 5.17. The van der Waals surface area contributed by atoms with Crippen molar-refractivity contribution >= 4 is 28.3 Å². The van der Waals surface area contributed by atoms with Crippen molar-refractivity contribution in [2.75, 3.05) is 19.4 Å².